The third-order valence-corrected chi connectivity index (χ3v) is 6.29. The first-order valence-electron chi connectivity index (χ1n) is 6.98. The van der Waals surface area contributed by atoms with Gasteiger partial charge in [-0.2, -0.15) is 16.1 Å². The van der Waals surface area contributed by atoms with Crippen LogP contribution in [0.3, 0.4) is 0 Å². The molecule has 2 rings (SSSR count). The maximum Gasteiger partial charge on any atom is 0.352 e. The molecule has 1 aliphatic rings. The van der Waals surface area contributed by atoms with E-state index in [0.717, 1.165) is 24.3 Å². The van der Waals surface area contributed by atoms with Gasteiger partial charge < -0.3 is 9.67 Å². The van der Waals surface area contributed by atoms with Crippen LogP contribution in [-0.2, 0) is 16.6 Å². The van der Waals surface area contributed by atoms with E-state index in [1.807, 2.05) is 6.92 Å². The molecule has 2 heterocycles. The number of carboxylic acids is 1. The molecule has 1 aromatic heterocycles. The van der Waals surface area contributed by atoms with Crippen LogP contribution in [0, 0.1) is 0 Å². The summed E-state index contributed by atoms with van der Waals surface area (Å²) in [6.45, 7) is 3.39. The normalized spacial score (nSPS) is 17.6. The number of hydrogen-bond donors (Lipinski definition) is 1. The first-order chi connectivity index (χ1) is 9.96. The second-order valence-electron chi connectivity index (χ2n) is 4.93. The molecule has 0 bridgehead atoms. The summed E-state index contributed by atoms with van der Waals surface area (Å²) in [5.74, 6) is 0.639. The average Bonchev–Trinajstić information content (AvgIpc) is 2.68. The fourth-order valence-corrected chi connectivity index (χ4v) is 4.86. The minimum Gasteiger partial charge on any atom is -0.477 e. The van der Waals surface area contributed by atoms with Crippen molar-refractivity contribution >= 4 is 27.8 Å². The van der Waals surface area contributed by atoms with Gasteiger partial charge >= 0.3 is 5.97 Å². The Morgan fingerprint density at radius 3 is 2.81 bits per heavy atom. The van der Waals surface area contributed by atoms with Crippen molar-refractivity contribution in [2.45, 2.75) is 31.2 Å². The number of rotatable bonds is 5. The molecular weight excluding hydrogens is 312 g/mol. The molecule has 0 spiro atoms. The molecule has 1 aliphatic heterocycles. The van der Waals surface area contributed by atoms with E-state index in [4.69, 9.17) is 0 Å². The number of aryl methyl sites for hydroxylation is 1. The van der Waals surface area contributed by atoms with Gasteiger partial charge in [-0.1, -0.05) is 6.92 Å². The summed E-state index contributed by atoms with van der Waals surface area (Å²) in [5.41, 5.74) is 0.0274. The van der Waals surface area contributed by atoms with E-state index in [1.165, 1.54) is 21.1 Å². The number of hydrogen-bond acceptors (Lipinski definition) is 4. The van der Waals surface area contributed by atoms with Gasteiger partial charge in [0, 0.05) is 31.6 Å². The van der Waals surface area contributed by atoms with Crippen LogP contribution in [-0.4, -0.2) is 53.0 Å². The molecule has 0 atom stereocenters. The molecule has 1 aromatic rings. The number of carboxylic acid groups (broad SMARTS) is 1. The lowest BCUT2D eigenvalue weighted by Crippen LogP contribution is -2.32. The minimum atomic E-state index is -3.60. The van der Waals surface area contributed by atoms with E-state index in [9.17, 15) is 18.3 Å². The van der Waals surface area contributed by atoms with Crippen molar-refractivity contribution < 1.29 is 18.3 Å². The number of nitrogens with zero attached hydrogens (tertiary/aromatic N) is 2. The highest BCUT2D eigenvalue weighted by Crippen LogP contribution is 2.22. The van der Waals surface area contributed by atoms with Crippen molar-refractivity contribution in [2.75, 3.05) is 24.6 Å². The second kappa shape index (κ2) is 6.85. The highest BCUT2D eigenvalue weighted by Gasteiger charge is 2.28. The van der Waals surface area contributed by atoms with Gasteiger partial charge in [-0.05, 0) is 24.7 Å². The van der Waals surface area contributed by atoms with Crippen molar-refractivity contribution in [3.63, 3.8) is 0 Å². The van der Waals surface area contributed by atoms with Crippen molar-refractivity contribution in [1.82, 2.24) is 8.87 Å². The Balaban J connectivity index is 2.35. The summed E-state index contributed by atoms with van der Waals surface area (Å²) >= 11 is 1.75. The van der Waals surface area contributed by atoms with Crippen LogP contribution < -0.4 is 0 Å². The van der Waals surface area contributed by atoms with Gasteiger partial charge in [0.1, 0.15) is 10.6 Å². The van der Waals surface area contributed by atoms with Crippen LogP contribution in [0.1, 0.15) is 30.3 Å². The Hall–Kier alpha value is -0.990. The van der Waals surface area contributed by atoms with Crippen molar-refractivity contribution in [3.05, 3.63) is 18.0 Å². The summed E-state index contributed by atoms with van der Waals surface area (Å²) in [6, 6.07) is 1.27. The third-order valence-electron chi connectivity index (χ3n) is 3.37. The van der Waals surface area contributed by atoms with Crippen LogP contribution >= 0.6 is 11.8 Å². The minimum absolute atomic E-state index is 0.0274. The number of carbonyl (C=O) groups is 1. The fraction of sp³-hybridized carbons (Fsp3) is 0.615. The Labute approximate surface area is 129 Å². The van der Waals surface area contributed by atoms with Gasteiger partial charge in [0.2, 0.25) is 10.0 Å². The smallest absolute Gasteiger partial charge is 0.352 e. The number of thioether (sulfide) groups is 1. The lowest BCUT2D eigenvalue weighted by Gasteiger charge is -2.18. The molecule has 0 saturated carbocycles. The SMILES string of the molecule is CCCn1cc(S(=O)(=O)N2CCCSCC2)cc1C(=O)O. The molecule has 0 aromatic carbocycles. The van der Waals surface area contributed by atoms with Crippen LogP contribution in [0.15, 0.2) is 17.2 Å². The molecule has 0 unspecified atom stereocenters. The van der Waals surface area contributed by atoms with Crippen LogP contribution in [0.5, 0.6) is 0 Å². The Bertz CT molecular complexity index is 602. The predicted octanol–water partition coefficient (Wildman–Crippen LogP) is 1.72. The summed E-state index contributed by atoms with van der Waals surface area (Å²) in [6.07, 6.45) is 3.01. The Kier molecular flexibility index (Phi) is 5.34. The first-order valence-corrected chi connectivity index (χ1v) is 9.57. The molecule has 21 heavy (non-hydrogen) atoms. The molecule has 1 fully saturated rings. The van der Waals surface area contributed by atoms with Crippen LogP contribution in [0.2, 0.25) is 0 Å². The van der Waals surface area contributed by atoms with Gasteiger partial charge in [-0.3, -0.25) is 0 Å². The fourth-order valence-electron chi connectivity index (χ4n) is 2.34. The van der Waals surface area contributed by atoms with Gasteiger partial charge in [-0.25, -0.2) is 13.2 Å². The van der Waals surface area contributed by atoms with E-state index >= 15 is 0 Å². The zero-order valence-corrected chi connectivity index (χ0v) is 13.6. The lowest BCUT2D eigenvalue weighted by atomic mass is 10.4. The molecule has 0 radical (unpaired) electrons. The maximum atomic E-state index is 12.6. The Morgan fingerprint density at radius 2 is 2.14 bits per heavy atom. The van der Waals surface area contributed by atoms with E-state index < -0.39 is 16.0 Å². The van der Waals surface area contributed by atoms with Gasteiger partial charge in [-0.15, -0.1) is 0 Å². The summed E-state index contributed by atoms with van der Waals surface area (Å²) in [4.78, 5) is 11.3. The Morgan fingerprint density at radius 1 is 1.38 bits per heavy atom. The third kappa shape index (κ3) is 3.61. The summed E-state index contributed by atoms with van der Waals surface area (Å²) < 4.78 is 28.2. The number of aromatic nitrogens is 1. The van der Waals surface area contributed by atoms with E-state index in [2.05, 4.69) is 0 Å². The highest BCUT2D eigenvalue weighted by atomic mass is 32.2. The van der Waals surface area contributed by atoms with Crippen molar-refractivity contribution in [1.29, 1.82) is 0 Å². The molecule has 8 heteroatoms. The van der Waals surface area contributed by atoms with Gasteiger partial charge in [0.25, 0.3) is 0 Å². The van der Waals surface area contributed by atoms with Crippen molar-refractivity contribution in [2.24, 2.45) is 0 Å². The maximum absolute atomic E-state index is 12.6. The quantitative estimate of drug-likeness (QED) is 0.888. The monoisotopic (exact) mass is 332 g/mol. The molecule has 118 valence electrons. The first kappa shape index (κ1) is 16.4. The number of aromatic carboxylic acids is 1. The molecule has 0 amide bonds. The second-order valence-corrected chi connectivity index (χ2v) is 8.09. The van der Waals surface area contributed by atoms with Crippen molar-refractivity contribution in [3.8, 4) is 0 Å². The zero-order chi connectivity index (χ0) is 15.5. The van der Waals surface area contributed by atoms with Crippen LogP contribution in [0.25, 0.3) is 0 Å². The molecular formula is C13H20N2O4S2. The lowest BCUT2D eigenvalue weighted by molar-refractivity contribution is 0.0685. The van der Waals surface area contributed by atoms with Gasteiger partial charge in [0.05, 0.1) is 0 Å². The van der Waals surface area contributed by atoms with E-state index in [1.54, 1.807) is 11.8 Å². The van der Waals surface area contributed by atoms with Crippen LogP contribution in [0.4, 0.5) is 0 Å². The molecule has 0 aliphatic carbocycles. The summed E-state index contributed by atoms with van der Waals surface area (Å²) in [5, 5.41) is 9.19. The zero-order valence-electron chi connectivity index (χ0n) is 12.0. The number of sulfonamides is 1. The van der Waals surface area contributed by atoms with E-state index in [-0.39, 0.29) is 10.6 Å². The largest absolute Gasteiger partial charge is 0.477 e. The van der Waals surface area contributed by atoms with Gasteiger partial charge in [0.15, 0.2) is 0 Å². The predicted molar refractivity (Wildman–Crippen MR) is 82.4 cm³/mol. The summed E-state index contributed by atoms with van der Waals surface area (Å²) in [7, 11) is -3.60. The highest BCUT2D eigenvalue weighted by molar-refractivity contribution is 7.99. The van der Waals surface area contributed by atoms with E-state index in [0.29, 0.717) is 19.6 Å². The molecule has 1 saturated heterocycles. The molecule has 6 nitrogen and oxygen atoms in total. The topological polar surface area (TPSA) is 79.6 Å². The average molecular weight is 332 g/mol. The standard InChI is InChI=1S/C13H20N2O4S2/c1-2-4-14-10-11(9-12(14)13(16)17)21(18,19)15-5-3-7-20-8-6-15/h9-10H,2-8H2,1H3,(H,16,17). The molecule has 1 N–H and O–H groups in total.